The summed E-state index contributed by atoms with van der Waals surface area (Å²) in [6.07, 6.45) is 11.0. The molecule has 0 heterocycles. The Morgan fingerprint density at radius 3 is 1.63 bits per heavy atom. The van der Waals surface area contributed by atoms with E-state index in [2.05, 4.69) is 172 Å². The molecule has 0 saturated carbocycles. The van der Waals surface area contributed by atoms with Crippen LogP contribution in [0.2, 0.25) is 0 Å². The van der Waals surface area contributed by atoms with Crippen LogP contribution in [0.25, 0.3) is 11.1 Å². The van der Waals surface area contributed by atoms with Crippen molar-refractivity contribution in [3.05, 3.63) is 151 Å². The minimum Gasteiger partial charge on any atom is -1.00 e. The quantitative estimate of drug-likeness (QED) is 0.194. The predicted molar refractivity (Wildman–Crippen MR) is 193 cm³/mol. The second-order valence-electron chi connectivity index (χ2n) is 13.6. The summed E-state index contributed by atoms with van der Waals surface area (Å²) in [6.45, 7) is 18.2. The number of aryl methyl sites for hydroxylation is 2. The number of rotatable bonds is 2. The topological polar surface area (TPSA) is 0 Å². The van der Waals surface area contributed by atoms with Gasteiger partial charge in [0.25, 0.3) is 0 Å². The van der Waals surface area contributed by atoms with Crippen molar-refractivity contribution in [1.29, 1.82) is 0 Å². The Morgan fingerprint density at radius 2 is 1.22 bits per heavy atom. The van der Waals surface area contributed by atoms with Gasteiger partial charge in [0.15, 0.2) is 0 Å². The molecule has 0 unspecified atom stereocenters. The minimum atomic E-state index is 0. The van der Waals surface area contributed by atoms with Crippen LogP contribution >= 0.6 is 31.9 Å². The molecule has 0 aliphatic heterocycles. The third kappa shape index (κ3) is 10.6. The van der Waals surface area contributed by atoms with Crippen molar-refractivity contribution in [2.24, 2.45) is 0 Å². The van der Waals surface area contributed by atoms with E-state index in [4.69, 9.17) is 0 Å². The number of hydrogen-bond donors (Lipinski definition) is 0. The standard InChI is InChI=1S/C23H29.C13H8Br2.C5H5.2ClH.Zr/c1-14-9-16-11-17-10-15(2)21(23(6,7)8)13-19(17)18(16)12-20(14)22(3,4)5;14-12-5-1-10(2-6-12)9-11-3-7-13(15)8-4-11;1-2-4-5-3-1;;;/h9,12-13H,11H2,1-8H3;1-8H;1-3H,4H2;2*1H;/q-1;;-1;;;+2/p-2. The van der Waals surface area contributed by atoms with Gasteiger partial charge in [0, 0.05) is 0 Å². The first-order valence-corrected chi connectivity index (χ1v) is 18.0. The summed E-state index contributed by atoms with van der Waals surface area (Å²) in [5, 5.41) is 0. The van der Waals surface area contributed by atoms with Crippen molar-refractivity contribution >= 4 is 35.1 Å². The van der Waals surface area contributed by atoms with Crippen LogP contribution < -0.4 is 24.8 Å². The summed E-state index contributed by atoms with van der Waals surface area (Å²) >= 11 is 8.34. The van der Waals surface area contributed by atoms with Gasteiger partial charge in [0.2, 0.25) is 0 Å². The first-order valence-electron chi connectivity index (χ1n) is 15.2. The fraction of sp³-hybridized carbons (Fsp3) is 0.293. The van der Waals surface area contributed by atoms with Gasteiger partial charge in [-0.1, -0.05) is 71.6 Å². The molecule has 0 bridgehead atoms. The first kappa shape index (κ1) is 40.8. The Labute approximate surface area is 322 Å². The van der Waals surface area contributed by atoms with E-state index in [9.17, 15) is 0 Å². The fourth-order valence-electron chi connectivity index (χ4n) is 5.76. The van der Waals surface area contributed by atoms with Gasteiger partial charge in [0.05, 0.1) is 0 Å². The number of fused-ring (bicyclic) bond motifs is 3. The molecule has 2 aliphatic carbocycles. The molecule has 0 amide bonds. The van der Waals surface area contributed by atoms with E-state index < -0.39 is 0 Å². The maximum absolute atomic E-state index is 3.69. The first-order chi connectivity index (χ1) is 20.6. The van der Waals surface area contributed by atoms with E-state index in [0.717, 1.165) is 21.8 Å². The third-order valence-electron chi connectivity index (χ3n) is 7.93. The Balaban J connectivity index is 0.000000278. The van der Waals surface area contributed by atoms with Crippen LogP contribution in [-0.4, -0.2) is 3.21 Å². The van der Waals surface area contributed by atoms with Gasteiger partial charge in [-0.05, 0) is 35.4 Å². The van der Waals surface area contributed by atoms with Gasteiger partial charge in [-0.3, -0.25) is 6.08 Å². The van der Waals surface area contributed by atoms with Crippen molar-refractivity contribution in [2.75, 3.05) is 0 Å². The average Bonchev–Trinajstić information content (AvgIpc) is 3.63. The van der Waals surface area contributed by atoms with Gasteiger partial charge in [0.1, 0.15) is 0 Å². The third-order valence-corrected chi connectivity index (χ3v) is 10.4. The van der Waals surface area contributed by atoms with Crippen LogP contribution in [0.15, 0.2) is 93.9 Å². The molecule has 0 nitrogen and oxygen atoms in total. The second kappa shape index (κ2) is 17.4. The predicted octanol–water partition coefficient (Wildman–Crippen LogP) is 5.91. The van der Waals surface area contributed by atoms with Gasteiger partial charge >= 0.3 is 128 Å². The van der Waals surface area contributed by atoms with E-state index in [-0.39, 0.29) is 35.6 Å². The molecule has 240 valence electrons. The minimum absolute atomic E-state index is 0. The van der Waals surface area contributed by atoms with Crippen molar-refractivity contribution in [1.82, 2.24) is 0 Å². The van der Waals surface area contributed by atoms with Crippen LogP contribution in [-0.2, 0) is 41.5 Å². The monoisotopic (exact) mass is 852 g/mol. The summed E-state index contributed by atoms with van der Waals surface area (Å²) in [4.78, 5) is 0. The summed E-state index contributed by atoms with van der Waals surface area (Å²) in [6, 6.07) is 27.9. The van der Waals surface area contributed by atoms with Crippen LogP contribution in [0, 0.1) is 26.0 Å². The molecule has 0 aromatic heterocycles. The number of benzene rings is 4. The molecule has 46 heavy (non-hydrogen) atoms. The molecular formula is C41H42Br2Cl2Zr-2. The summed E-state index contributed by atoms with van der Waals surface area (Å²) < 4.78 is 3.62. The Hall–Kier alpha value is -1.35. The summed E-state index contributed by atoms with van der Waals surface area (Å²) in [7, 11) is 0. The SMILES string of the molecule is Brc1ccc([C](=[Zr+2])c2ccc(Br)cc2)cc1.Cc1[c-]c2c(cc1C(C)(C)C)-c1cc(C(C)(C)C)c(C)cc1C2.[C-]1=CC=CC1.[Cl-].[Cl-]. The Kier molecular flexibility index (Phi) is 15.4. The van der Waals surface area contributed by atoms with Crippen LogP contribution in [0.3, 0.4) is 0 Å². The van der Waals surface area contributed by atoms with E-state index in [1.54, 1.807) is 0 Å². The smallest absolute Gasteiger partial charge is 0.0129 e. The zero-order valence-electron chi connectivity index (χ0n) is 28.0. The molecular weight excluding hydrogens is 814 g/mol. The van der Waals surface area contributed by atoms with Gasteiger partial charge in [-0.2, -0.15) is 23.8 Å². The number of allylic oxidation sites excluding steroid dienone is 4. The molecule has 4 aromatic rings. The van der Waals surface area contributed by atoms with Crippen LogP contribution in [0.1, 0.15) is 92.5 Å². The van der Waals surface area contributed by atoms with Gasteiger partial charge in [-0.25, -0.2) is 12.2 Å². The zero-order valence-corrected chi connectivity index (χ0v) is 35.2. The Bertz CT molecular complexity index is 1580. The maximum atomic E-state index is 3.69. The van der Waals surface area contributed by atoms with Gasteiger partial charge in [-0.15, -0.1) is 23.1 Å². The van der Waals surface area contributed by atoms with Crippen molar-refractivity contribution < 1.29 is 49.0 Å². The molecule has 0 saturated heterocycles. The Morgan fingerprint density at radius 1 is 0.717 bits per heavy atom. The molecule has 5 heteroatoms. The molecule has 2 aliphatic rings. The van der Waals surface area contributed by atoms with Gasteiger partial charge < -0.3 is 24.8 Å². The largest absolute Gasteiger partial charge is 1.00 e. The van der Waals surface area contributed by atoms with E-state index >= 15 is 0 Å². The summed E-state index contributed by atoms with van der Waals surface area (Å²) in [5.41, 5.74) is 14.2. The molecule has 0 atom stereocenters. The normalized spacial score (nSPS) is 12.4. The molecule has 6 rings (SSSR count). The molecule has 0 spiro atoms. The van der Waals surface area contributed by atoms with Crippen LogP contribution in [0.5, 0.6) is 0 Å². The molecule has 0 fully saturated rings. The van der Waals surface area contributed by atoms with Crippen molar-refractivity contribution in [3.63, 3.8) is 0 Å². The fourth-order valence-corrected chi connectivity index (χ4v) is 7.11. The molecule has 0 radical (unpaired) electrons. The van der Waals surface area contributed by atoms with Crippen molar-refractivity contribution in [2.45, 2.75) is 79.1 Å². The average molecular weight is 857 g/mol. The maximum Gasteiger partial charge on any atom is -0.0129 e. The van der Waals surface area contributed by atoms with Crippen LogP contribution in [0.4, 0.5) is 0 Å². The van der Waals surface area contributed by atoms with E-state index in [1.807, 2.05) is 12.2 Å². The van der Waals surface area contributed by atoms with Crippen molar-refractivity contribution in [3.8, 4) is 11.1 Å². The molecule has 0 N–H and O–H groups in total. The molecule has 4 aromatic carbocycles. The summed E-state index contributed by atoms with van der Waals surface area (Å²) in [5.74, 6) is 0. The number of halogens is 4. The zero-order chi connectivity index (χ0) is 32.2. The number of hydrogen-bond acceptors (Lipinski definition) is 0. The van der Waals surface area contributed by atoms with E-state index in [0.29, 0.717) is 0 Å². The second-order valence-corrected chi connectivity index (χ2v) is 16.7. The van der Waals surface area contributed by atoms with E-state index in [1.165, 1.54) is 83.1 Å².